The SMILES string of the molecule is Cc1c(-c2cc(OC[C@@H](c3ccc(F)cn3)C3CC3)c3c(Cl)cnn3c2)nnn1C1CCN(C2COC2)CC1. The Morgan fingerprint density at radius 1 is 1.13 bits per heavy atom. The van der Waals surface area contributed by atoms with Gasteiger partial charge in [-0.2, -0.15) is 5.10 Å². The molecule has 0 aromatic carbocycles. The number of aromatic nitrogens is 6. The molecule has 4 aromatic rings. The molecule has 2 saturated heterocycles. The van der Waals surface area contributed by atoms with Crippen molar-refractivity contribution in [3.8, 4) is 17.0 Å². The van der Waals surface area contributed by atoms with E-state index in [9.17, 15) is 4.39 Å². The summed E-state index contributed by atoms with van der Waals surface area (Å²) in [6.45, 7) is 6.29. The van der Waals surface area contributed by atoms with Crippen LogP contribution in [0.3, 0.4) is 0 Å². The van der Waals surface area contributed by atoms with Crippen molar-refractivity contribution in [3.63, 3.8) is 0 Å². The molecule has 7 rings (SSSR count). The van der Waals surface area contributed by atoms with Crippen LogP contribution in [0.4, 0.5) is 4.39 Å². The maximum Gasteiger partial charge on any atom is 0.147 e. The third-order valence-corrected chi connectivity index (χ3v) is 8.73. The number of hydrogen-bond acceptors (Lipinski definition) is 7. The number of ether oxygens (including phenoxy) is 2. The van der Waals surface area contributed by atoms with Crippen LogP contribution in [-0.4, -0.2) is 73.4 Å². The summed E-state index contributed by atoms with van der Waals surface area (Å²) in [5, 5.41) is 14.1. The van der Waals surface area contributed by atoms with Crippen LogP contribution < -0.4 is 4.74 Å². The molecule has 1 saturated carbocycles. The van der Waals surface area contributed by atoms with Gasteiger partial charge in [0.2, 0.25) is 0 Å². The van der Waals surface area contributed by atoms with E-state index in [0.717, 1.165) is 74.6 Å². The molecule has 0 spiro atoms. The minimum absolute atomic E-state index is 0.0796. The molecular formula is C28H31ClFN7O2. The fourth-order valence-corrected chi connectivity index (χ4v) is 6.14. The zero-order valence-electron chi connectivity index (χ0n) is 21.8. The Kier molecular flexibility index (Phi) is 6.49. The van der Waals surface area contributed by atoms with Crippen LogP contribution in [0.15, 0.2) is 36.8 Å². The summed E-state index contributed by atoms with van der Waals surface area (Å²) in [7, 11) is 0. The first-order valence-electron chi connectivity index (χ1n) is 13.7. The summed E-state index contributed by atoms with van der Waals surface area (Å²) in [6, 6.07) is 6.09. The summed E-state index contributed by atoms with van der Waals surface area (Å²) in [5.41, 5.74) is 4.25. The van der Waals surface area contributed by atoms with Crippen LogP contribution >= 0.6 is 11.6 Å². The Balaban J connectivity index is 1.14. The summed E-state index contributed by atoms with van der Waals surface area (Å²) in [6.07, 6.45) is 9.14. The van der Waals surface area contributed by atoms with E-state index in [1.54, 1.807) is 16.8 Å². The number of rotatable bonds is 8. The number of fused-ring (bicyclic) bond motifs is 1. The highest BCUT2D eigenvalue weighted by molar-refractivity contribution is 6.34. The zero-order chi connectivity index (χ0) is 26.5. The van der Waals surface area contributed by atoms with Crippen LogP contribution in [0.5, 0.6) is 5.75 Å². The highest BCUT2D eigenvalue weighted by Crippen LogP contribution is 2.43. The largest absolute Gasteiger partial charge is 0.491 e. The lowest BCUT2D eigenvalue weighted by molar-refractivity contribution is -0.0735. The van der Waals surface area contributed by atoms with Crippen molar-refractivity contribution in [3.05, 3.63) is 59.0 Å². The van der Waals surface area contributed by atoms with Crippen LogP contribution in [0.1, 0.15) is 49.0 Å². The van der Waals surface area contributed by atoms with E-state index in [4.69, 9.17) is 21.1 Å². The number of nitrogens with zero attached hydrogens (tertiary/aromatic N) is 7. The van der Waals surface area contributed by atoms with Gasteiger partial charge in [0.15, 0.2) is 0 Å². The Hall–Kier alpha value is -3.08. The molecule has 0 amide bonds. The summed E-state index contributed by atoms with van der Waals surface area (Å²) in [4.78, 5) is 6.87. The molecule has 39 heavy (non-hydrogen) atoms. The molecule has 9 nitrogen and oxygen atoms in total. The van der Waals surface area contributed by atoms with Gasteiger partial charge in [-0.05, 0) is 56.7 Å². The van der Waals surface area contributed by atoms with Gasteiger partial charge in [0.1, 0.15) is 22.8 Å². The Labute approximate surface area is 230 Å². The lowest BCUT2D eigenvalue weighted by atomic mass is 10.00. The molecule has 0 bridgehead atoms. The number of piperidine rings is 1. The Morgan fingerprint density at radius 2 is 1.95 bits per heavy atom. The molecule has 1 atom stereocenters. The lowest BCUT2D eigenvalue weighted by Crippen LogP contribution is -2.52. The average Bonchev–Trinajstić information content (AvgIpc) is 3.58. The predicted octanol–water partition coefficient (Wildman–Crippen LogP) is 4.70. The Morgan fingerprint density at radius 3 is 2.64 bits per heavy atom. The molecule has 0 N–H and O–H groups in total. The van der Waals surface area contributed by atoms with Gasteiger partial charge >= 0.3 is 0 Å². The summed E-state index contributed by atoms with van der Waals surface area (Å²) >= 11 is 6.53. The molecule has 1 aliphatic carbocycles. The second-order valence-corrected chi connectivity index (χ2v) is 11.4. The van der Waals surface area contributed by atoms with E-state index in [1.807, 2.05) is 12.3 Å². The van der Waals surface area contributed by atoms with Crippen molar-refractivity contribution in [1.82, 2.24) is 34.5 Å². The number of hydrogen-bond donors (Lipinski definition) is 0. The minimum atomic E-state index is -0.336. The zero-order valence-corrected chi connectivity index (χ0v) is 22.6. The van der Waals surface area contributed by atoms with Gasteiger partial charge in [-0.15, -0.1) is 5.10 Å². The topological polar surface area (TPSA) is 82.6 Å². The molecule has 2 aliphatic heterocycles. The van der Waals surface area contributed by atoms with Crippen LogP contribution in [0.2, 0.25) is 5.02 Å². The normalized spacial score (nSPS) is 19.9. The van der Waals surface area contributed by atoms with E-state index < -0.39 is 0 Å². The average molecular weight is 552 g/mol. The molecule has 0 radical (unpaired) electrons. The molecule has 0 unspecified atom stereocenters. The van der Waals surface area contributed by atoms with E-state index in [1.165, 1.54) is 12.3 Å². The van der Waals surface area contributed by atoms with E-state index in [2.05, 4.69) is 36.9 Å². The van der Waals surface area contributed by atoms with Crippen molar-refractivity contribution in [2.24, 2.45) is 5.92 Å². The molecule has 11 heteroatoms. The quantitative estimate of drug-likeness (QED) is 0.314. The van der Waals surface area contributed by atoms with Crippen molar-refractivity contribution >= 4 is 17.1 Å². The van der Waals surface area contributed by atoms with Gasteiger partial charge in [0, 0.05) is 36.5 Å². The first-order chi connectivity index (χ1) is 19.0. The molecule has 3 fully saturated rings. The number of likely N-dealkylation sites (tertiary alicyclic amines) is 1. The molecule has 4 aromatic heterocycles. The van der Waals surface area contributed by atoms with Crippen molar-refractivity contribution in [2.75, 3.05) is 32.9 Å². The smallest absolute Gasteiger partial charge is 0.147 e. The maximum absolute atomic E-state index is 13.5. The van der Waals surface area contributed by atoms with Gasteiger partial charge in [0.25, 0.3) is 0 Å². The third kappa shape index (κ3) is 4.79. The lowest BCUT2D eigenvalue weighted by Gasteiger charge is -2.41. The number of pyridine rings is 2. The second kappa shape index (κ2) is 10.1. The second-order valence-electron chi connectivity index (χ2n) is 11.0. The van der Waals surface area contributed by atoms with Crippen LogP contribution in [0, 0.1) is 18.7 Å². The molecule has 6 heterocycles. The fourth-order valence-electron chi connectivity index (χ4n) is 5.92. The highest BCUT2D eigenvalue weighted by Gasteiger charge is 2.34. The molecule has 204 valence electrons. The maximum atomic E-state index is 13.5. The summed E-state index contributed by atoms with van der Waals surface area (Å²) in [5.74, 6) is 0.855. The van der Waals surface area contributed by atoms with Gasteiger partial charge in [-0.3, -0.25) is 9.88 Å². The first-order valence-corrected chi connectivity index (χ1v) is 14.1. The monoisotopic (exact) mass is 551 g/mol. The van der Waals surface area contributed by atoms with Gasteiger partial charge < -0.3 is 9.47 Å². The molecular weight excluding hydrogens is 521 g/mol. The molecule has 3 aliphatic rings. The highest BCUT2D eigenvalue weighted by atomic mass is 35.5. The fraction of sp³-hybridized carbons (Fsp3) is 0.500. The Bertz CT molecular complexity index is 1470. The summed E-state index contributed by atoms with van der Waals surface area (Å²) < 4.78 is 29.1. The predicted molar refractivity (Wildman–Crippen MR) is 144 cm³/mol. The van der Waals surface area contributed by atoms with Crippen LogP contribution in [0.25, 0.3) is 16.8 Å². The third-order valence-electron chi connectivity index (χ3n) is 8.45. The number of halogens is 2. The van der Waals surface area contributed by atoms with E-state index >= 15 is 0 Å². The van der Waals surface area contributed by atoms with Gasteiger partial charge in [0.05, 0.1) is 55.0 Å². The standard InChI is InChI=1S/C28H31ClFN7O2/c1-17-27(33-34-37(17)21-6-8-35(9-7-21)22-14-38-15-22)19-10-26(28-24(29)12-32-36(28)13-19)39-16-23(18-2-3-18)25-5-4-20(30)11-31-25/h4-5,10-13,18,21-23H,2-3,6-9,14-16H2,1H3/t23-/m1/s1. The first kappa shape index (κ1) is 24.9. The van der Waals surface area contributed by atoms with Gasteiger partial charge in [-0.25, -0.2) is 13.6 Å². The van der Waals surface area contributed by atoms with Gasteiger partial charge in [-0.1, -0.05) is 16.8 Å². The van der Waals surface area contributed by atoms with Crippen molar-refractivity contribution in [2.45, 2.75) is 50.6 Å². The van der Waals surface area contributed by atoms with E-state index in [0.29, 0.717) is 40.9 Å². The van der Waals surface area contributed by atoms with Crippen molar-refractivity contribution < 1.29 is 13.9 Å². The van der Waals surface area contributed by atoms with Crippen LogP contribution in [-0.2, 0) is 4.74 Å². The van der Waals surface area contributed by atoms with E-state index in [-0.39, 0.29) is 11.7 Å². The van der Waals surface area contributed by atoms with Crippen molar-refractivity contribution in [1.29, 1.82) is 0 Å². The minimum Gasteiger partial charge on any atom is -0.491 e.